The molecule has 144 valence electrons. The maximum atomic E-state index is 15.2. The fourth-order valence-electron chi connectivity index (χ4n) is 4.71. The van der Waals surface area contributed by atoms with Crippen molar-refractivity contribution in [3.8, 4) is 0 Å². The molecule has 0 saturated carbocycles. The largest absolute Gasteiger partial charge is 0.379 e. The number of likely N-dealkylation sites (tertiary alicyclic amines) is 1. The van der Waals surface area contributed by atoms with E-state index >= 15 is 4.39 Å². The van der Waals surface area contributed by atoms with Crippen molar-refractivity contribution in [2.75, 3.05) is 29.9 Å². The second-order valence-corrected chi connectivity index (χ2v) is 8.40. The summed E-state index contributed by atoms with van der Waals surface area (Å²) < 4.78 is 15.2. The highest BCUT2D eigenvalue weighted by Gasteiger charge is 2.49. The van der Waals surface area contributed by atoms with Crippen molar-refractivity contribution in [1.29, 1.82) is 0 Å². The zero-order chi connectivity index (χ0) is 19.7. The number of fused-ring (bicyclic) bond motifs is 2. The van der Waals surface area contributed by atoms with Crippen LogP contribution < -0.4 is 16.0 Å². The van der Waals surface area contributed by atoms with Gasteiger partial charge in [0.05, 0.1) is 23.0 Å². The molecule has 2 saturated heterocycles. The summed E-state index contributed by atoms with van der Waals surface area (Å²) in [6, 6.07) is 1.32. The van der Waals surface area contributed by atoms with Crippen molar-refractivity contribution in [1.82, 2.24) is 4.90 Å². The molecule has 3 unspecified atom stereocenters. The number of anilines is 2. The summed E-state index contributed by atoms with van der Waals surface area (Å²) in [6.45, 7) is 11.6. The van der Waals surface area contributed by atoms with Crippen LogP contribution in [0.25, 0.3) is 0 Å². The van der Waals surface area contributed by atoms with E-state index in [2.05, 4.69) is 11.9 Å². The highest BCUT2D eigenvalue weighted by molar-refractivity contribution is 6.01. The second kappa shape index (κ2) is 5.71. The molecule has 1 aromatic carbocycles. The Morgan fingerprint density at radius 2 is 2.07 bits per heavy atom. The zero-order valence-electron chi connectivity index (χ0n) is 15.9. The van der Waals surface area contributed by atoms with E-state index in [1.807, 2.05) is 25.7 Å². The zero-order valence-corrected chi connectivity index (χ0v) is 15.9. The smallest absolute Gasteiger partial charge is 0.250 e. The summed E-state index contributed by atoms with van der Waals surface area (Å²) in [4.78, 5) is 27.6. The molecule has 27 heavy (non-hydrogen) atoms. The third-order valence-corrected chi connectivity index (χ3v) is 6.53. The van der Waals surface area contributed by atoms with Crippen LogP contribution in [0.5, 0.6) is 0 Å². The lowest BCUT2D eigenvalue weighted by Gasteiger charge is -2.42. The van der Waals surface area contributed by atoms with Crippen molar-refractivity contribution >= 4 is 23.2 Å². The van der Waals surface area contributed by atoms with E-state index in [0.29, 0.717) is 36.9 Å². The molecule has 0 aliphatic carbocycles. The maximum absolute atomic E-state index is 15.2. The van der Waals surface area contributed by atoms with Gasteiger partial charge in [0.25, 0.3) is 5.91 Å². The maximum Gasteiger partial charge on any atom is 0.250 e. The molecule has 1 aromatic rings. The van der Waals surface area contributed by atoms with Crippen molar-refractivity contribution in [3.63, 3.8) is 0 Å². The Morgan fingerprint density at radius 3 is 2.70 bits per heavy atom. The Kier molecular flexibility index (Phi) is 3.77. The molecule has 3 atom stereocenters. The molecule has 7 heteroatoms. The van der Waals surface area contributed by atoms with Crippen LogP contribution in [0.2, 0.25) is 0 Å². The van der Waals surface area contributed by atoms with Gasteiger partial charge in [0, 0.05) is 42.6 Å². The molecule has 0 radical (unpaired) electrons. The Balaban J connectivity index is 1.75. The number of nitrogens with zero attached hydrogens (tertiary/aromatic N) is 2. The first-order chi connectivity index (χ1) is 12.7. The number of hydrogen-bond donors (Lipinski definition) is 2. The van der Waals surface area contributed by atoms with Gasteiger partial charge in [0.2, 0.25) is 5.91 Å². The highest BCUT2D eigenvalue weighted by atomic mass is 19.1. The van der Waals surface area contributed by atoms with E-state index in [-0.39, 0.29) is 29.0 Å². The van der Waals surface area contributed by atoms with Crippen LogP contribution in [0, 0.1) is 11.7 Å². The van der Waals surface area contributed by atoms with E-state index in [1.165, 1.54) is 12.1 Å². The fraction of sp³-hybridized carbons (Fsp3) is 0.500. The SMILES string of the molecule is C=CC(=O)N1CC2CN(c3c(F)cc(C(N)=O)c4c3C(C)C(C)(C)N4)CC21. The van der Waals surface area contributed by atoms with Crippen molar-refractivity contribution in [2.45, 2.75) is 38.3 Å². The molecule has 3 heterocycles. The minimum atomic E-state index is -0.640. The van der Waals surface area contributed by atoms with E-state index < -0.39 is 11.7 Å². The number of amides is 2. The van der Waals surface area contributed by atoms with Gasteiger partial charge in [-0.05, 0) is 26.0 Å². The number of hydrogen-bond acceptors (Lipinski definition) is 4. The van der Waals surface area contributed by atoms with Crippen molar-refractivity contribution in [3.05, 3.63) is 35.7 Å². The van der Waals surface area contributed by atoms with Gasteiger partial charge < -0.3 is 20.9 Å². The van der Waals surface area contributed by atoms with E-state index in [9.17, 15) is 9.59 Å². The highest BCUT2D eigenvalue weighted by Crippen LogP contribution is 2.51. The van der Waals surface area contributed by atoms with Crippen LogP contribution in [-0.4, -0.2) is 47.9 Å². The Hall–Kier alpha value is -2.57. The molecule has 3 aliphatic rings. The number of nitrogens with one attached hydrogen (secondary N) is 1. The molecule has 2 amide bonds. The van der Waals surface area contributed by atoms with Crippen LogP contribution in [0.15, 0.2) is 18.7 Å². The predicted octanol–water partition coefficient (Wildman–Crippen LogP) is 2.07. The molecule has 6 nitrogen and oxygen atoms in total. The van der Waals surface area contributed by atoms with Crippen LogP contribution in [0.4, 0.5) is 15.8 Å². The van der Waals surface area contributed by atoms with Crippen molar-refractivity contribution < 1.29 is 14.0 Å². The number of halogens is 1. The van der Waals surface area contributed by atoms with Crippen LogP contribution >= 0.6 is 0 Å². The van der Waals surface area contributed by atoms with Crippen LogP contribution in [-0.2, 0) is 4.79 Å². The number of benzene rings is 1. The Bertz CT molecular complexity index is 866. The number of carbonyl (C=O) groups excluding carboxylic acids is 2. The van der Waals surface area contributed by atoms with Gasteiger partial charge >= 0.3 is 0 Å². The number of rotatable bonds is 3. The fourth-order valence-corrected chi connectivity index (χ4v) is 4.71. The van der Waals surface area contributed by atoms with Gasteiger partial charge in [-0.15, -0.1) is 0 Å². The summed E-state index contributed by atoms with van der Waals surface area (Å²) in [5, 5.41) is 3.37. The first kappa shape index (κ1) is 17.8. The predicted molar refractivity (Wildman–Crippen MR) is 102 cm³/mol. The van der Waals surface area contributed by atoms with Crippen LogP contribution in [0.3, 0.4) is 0 Å². The normalized spacial score (nSPS) is 27.5. The van der Waals surface area contributed by atoms with E-state index in [1.54, 1.807) is 4.90 Å². The lowest BCUT2D eigenvalue weighted by Crippen LogP contribution is -2.57. The third kappa shape index (κ3) is 2.44. The molecule has 2 fully saturated rings. The molecular formula is C20H25FN4O2. The molecular weight excluding hydrogens is 347 g/mol. The molecule has 0 bridgehead atoms. The summed E-state index contributed by atoms with van der Waals surface area (Å²) in [7, 11) is 0. The average Bonchev–Trinajstić information content (AvgIpc) is 3.02. The average molecular weight is 372 g/mol. The first-order valence-corrected chi connectivity index (χ1v) is 9.28. The van der Waals surface area contributed by atoms with Gasteiger partial charge in [-0.2, -0.15) is 0 Å². The Morgan fingerprint density at radius 1 is 1.37 bits per heavy atom. The van der Waals surface area contributed by atoms with Gasteiger partial charge in [-0.3, -0.25) is 9.59 Å². The van der Waals surface area contributed by atoms with E-state index in [4.69, 9.17) is 5.73 Å². The second-order valence-electron chi connectivity index (χ2n) is 8.40. The quantitative estimate of drug-likeness (QED) is 0.796. The summed E-state index contributed by atoms with van der Waals surface area (Å²) >= 11 is 0. The molecule has 0 spiro atoms. The monoisotopic (exact) mass is 372 g/mol. The molecule has 0 aromatic heterocycles. The van der Waals surface area contributed by atoms with Gasteiger partial charge in [-0.25, -0.2) is 4.39 Å². The standard InChI is InChI=1S/C20H25FN4O2/c1-5-15(26)25-8-11-7-24(9-14(11)25)18-13(21)6-12(19(22)27)17-16(18)10(2)20(3,4)23-17/h5-6,10-11,14,23H,1,7-9H2,2-4H3,(H2,22,27). The first-order valence-electron chi connectivity index (χ1n) is 9.28. The summed E-state index contributed by atoms with van der Waals surface area (Å²) in [5.41, 5.74) is 7.33. The Labute approximate surface area is 158 Å². The summed E-state index contributed by atoms with van der Waals surface area (Å²) in [6.07, 6.45) is 1.33. The topological polar surface area (TPSA) is 78.7 Å². The van der Waals surface area contributed by atoms with Crippen molar-refractivity contribution in [2.24, 2.45) is 11.7 Å². The minimum absolute atomic E-state index is 0.000429. The van der Waals surface area contributed by atoms with Gasteiger partial charge in [0.1, 0.15) is 5.82 Å². The minimum Gasteiger partial charge on any atom is -0.379 e. The number of nitrogens with two attached hydrogens (primary N) is 1. The van der Waals surface area contributed by atoms with Crippen LogP contribution in [0.1, 0.15) is 42.6 Å². The number of carbonyl (C=O) groups is 2. The lowest BCUT2D eigenvalue weighted by molar-refractivity contribution is -0.135. The lowest BCUT2D eigenvalue weighted by atomic mass is 9.86. The van der Waals surface area contributed by atoms with Gasteiger partial charge in [0.15, 0.2) is 0 Å². The van der Waals surface area contributed by atoms with Gasteiger partial charge in [-0.1, -0.05) is 13.5 Å². The molecule has 3 aliphatic heterocycles. The molecule has 4 rings (SSSR count). The number of primary amides is 1. The molecule has 3 N–H and O–H groups in total. The summed E-state index contributed by atoms with van der Waals surface area (Å²) in [5.74, 6) is -0.822. The third-order valence-electron chi connectivity index (χ3n) is 6.53. The van der Waals surface area contributed by atoms with E-state index in [0.717, 1.165) is 5.56 Å².